The summed E-state index contributed by atoms with van der Waals surface area (Å²) < 4.78 is 0.986. The molecule has 0 spiro atoms. The van der Waals surface area contributed by atoms with Crippen LogP contribution in [0.3, 0.4) is 0 Å². The summed E-state index contributed by atoms with van der Waals surface area (Å²) in [7, 11) is 0. The van der Waals surface area contributed by atoms with Crippen molar-refractivity contribution in [2.24, 2.45) is 0 Å². The van der Waals surface area contributed by atoms with E-state index in [-0.39, 0.29) is 15.6 Å². The molecule has 0 aliphatic heterocycles. The molecule has 3 amide bonds. The van der Waals surface area contributed by atoms with Crippen molar-refractivity contribution in [3.8, 4) is 11.1 Å². The summed E-state index contributed by atoms with van der Waals surface area (Å²) in [5.41, 5.74) is 2.91. The number of carbonyl (C=O) groups excluding carboxylic acids is 2. The molecule has 0 atom stereocenters. The Bertz CT molecular complexity index is 1040. The van der Waals surface area contributed by atoms with Crippen LogP contribution in [0.25, 0.3) is 11.1 Å². The van der Waals surface area contributed by atoms with E-state index in [4.69, 9.17) is 23.2 Å². The zero-order chi connectivity index (χ0) is 20.3. The average Bonchev–Trinajstić information content (AvgIpc) is 2.62. The first-order valence-electron chi connectivity index (χ1n) is 8.14. The van der Waals surface area contributed by atoms with Crippen molar-refractivity contribution >= 4 is 56.9 Å². The first-order valence-corrected chi connectivity index (χ1v) is 9.69. The molecule has 3 aromatic rings. The number of hydrogen-bond acceptors (Lipinski definition) is 3. The number of amides is 3. The van der Waals surface area contributed by atoms with Crippen LogP contribution < -0.4 is 10.6 Å². The van der Waals surface area contributed by atoms with Gasteiger partial charge in [-0.3, -0.25) is 15.4 Å². The van der Waals surface area contributed by atoms with E-state index in [9.17, 15) is 9.59 Å². The summed E-state index contributed by atoms with van der Waals surface area (Å²) in [6.07, 6.45) is 1.67. The van der Waals surface area contributed by atoms with Crippen LogP contribution in [0.15, 0.2) is 59.2 Å². The molecule has 3 rings (SSSR count). The van der Waals surface area contributed by atoms with E-state index in [0.29, 0.717) is 5.82 Å². The Kier molecular flexibility index (Phi) is 6.34. The summed E-state index contributed by atoms with van der Waals surface area (Å²) >= 11 is 15.4. The van der Waals surface area contributed by atoms with Crippen LogP contribution in [0.4, 0.5) is 10.6 Å². The van der Waals surface area contributed by atoms with Crippen LogP contribution in [0.1, 0.15) is 15.9 Å². The molecule has 0 aliphatic carbocycles. The Morgan fingerprint density at radius 2 is 1.68 bits per heavy atom. The number of imide groups is 1. The Labute approximate surface area is 180 Å². The smallest absolute Gasteiger partial charge is 0.292 e. The van der Waals surface area contributed by atoms with Crippen molar-refractivity contribution in [1.82, 2.24) is 10.3 Å². The number of pyridine rings is 1. The Morgan fingerprint density at radius 1 is 1.04 bits per heavy atom. The Balaban J connectivity index is 1.71. The molecule has 0 fully saturated rings. The summed E-state index contributed by atoms with van der Waals surface area (Å²) in [6.45, 7) is 1.91. The lowest BCUT2D eigenvalue weighted by molar-refractivity contribution is 0.0967. The van der Waals surface area contributed by atoms with E-state index in [1.807, 2.05) is 31.2 Å². The third kappa shape index (κ3) is 4.70. The van der Waals surface area contributed by atoms with Crippen LogP contribution >= 0.6 is 39.1 Å². The Hall–Kier alpha value is -2.41. The number of halogens is 3. The van der Waals surface area contributed by atoms with Gasteiger partial charge in [-0.25, -0.2) is 9.78 Å². The molecule has 0 unspecified atom stereocenters. The van der Waals surface area contributed by atoms with Crippen molar-refractivity contribution in [2.75, 3.05) is 5.32 Å². The number of aryl methyl sites for hydroxylation is 1. The molecule has 0 saturated carbocycles. The van der Waals surface area contributed by atoms with Crippen molar-refractivity contribution in [2.45, 2.75) is 6.92 Å². The van der Waals surface area contributed by atoms with E-state index in [1.54, 1.807) is 18.3 Å². The number of aromatic nitrogens is 1. The molecule has 0 aliphatic rings. The first-order chi connectivity index (χ1) is 13.3. The zero-order valence-electron chi connectivity index (χ0n) is 14.6. The fraction of sp³-hybridized carbons (Fsp3) is 0.0500. The van der Waals surface area contributed by atoms with Gasteiger partial charge in [-0.1, -0.05) is 57.3 Å². The minimum Gasteiger partial charge on any atom is -0.292 e. The number of carbonyl (C=O) groups is 2. The molecule has 1 aromatic heterocycles. The molecule has 142 valence electrons. The fourth-order valence-electron chi connectivity index (χ4n) is 2.58. The lowest BCUT2D eigenvalue weighted by Crippen LogP contribution is -2.34. The largest absolute Gasteiger partial charge is 0.327 e. The molecule has 2 aromatic carbocycles. The van der Waals surface area contributed by atoms with Gasteiger partial charge in [0.15, 0.2) is 0 Å². The lowest BCUT2D eigenvalue weighted by atomic mass is 10.0. The molecule has 0 radical (unpaired) electrons. The monoisotopic (exact) mass is 477 g/mol. The highest BCUT2D eigenvalue weighted by Gasteiger charge is 2.17. The quantitative estimate of drug-likeness (QED) is 0.478. The molecule has 2 N–H and O–H groups in total. The van der Waals surface area contributed by atoms with E-state index >= 15 is 0 Å². The second-order valence-corrected chi connectivity index (χ2v) is 7.63. The summed E-state index contributed by atoms with van der Waals surface area (Å²) in [5.74, 6) is -0.384. The van der Waals surface area contributed by atoms with Crippen molar-refractivity contribution in [3.63, 3.8) is 0 Å². The zero-order valence-corrected chi connectivity index (χ0v) is 17.7. The standard InChI is InChI=1S/C20H14BrCl2N3O2/c1-11-9-17(24-10-14(11)12-5-7-13(21)8-6-12)25-20(28)26-19(27)18-15(22)3-2-4-16(18)23/h2-10H,1H3,(H2,24,25,26,27,28). The van der Waals surface area contributed by atoms with Gasteiger partial charge in [-0.15, -0.1) is 0 Å². The number of nitrogens with zero attached hydrogens (tertiary/aromatic N) is 1. The molecular formula is C20H14BrCl2N3O2. The predicted octanol–water partition coefficient (Wildman–Crippen LogP) is 6.09. The van der Waals surface area contributed by atoms with Crippen molar-refractivity contribution in [1.29, 1.82) is 0 Å². The number of hydrogen-bond donors (Lipinski definition) is 2. The van der Waals surface area contributed by atoms with Crippen molar-refractivity contribution < 1.29 is 9.59 Å². The van der Waals surface area contributed by atoms with E-state index in [1.165, 1.54) is 12.1 Å². The SMILES string of the molecule is Cc1cc(NC(=O)NC(=O)c2c(Cl)cccc2Cl)ncc1-c1ccc(Br)cc1. The molecule has 0 saturated heterocycles. The van der Waals surface area contributed by atoms with Gasteiger partial charge in [0.25, 0.3) is 5.91 Å². The number of benzene rings is 2. The van der Waals surface area contributed by atoms with E-state index in [0.717, 1.165) is 21.2 Å². The van der Waals surface area contributed by atoms with Gasteiger partial charge in [-0.05, 0) is 48.4 Å². The predicted molar refractivity (Wildman–Crippen MR) is 115 cm³/mol. The minimum absolute atomic E-state index is 0.0377. The summed E-state index contributed by atoms with van der Waals surface area (Å²) in [5, 5.41) is 5.05. The van der Waals surface area contributed by atoms with Gasteiger partial charge in [0, 0.05) is 16.2 Å². The van der Waals surface area contributed by atoms with Gasteiger partial charge in [-0.2, -0.15) is 0 Å². The first kappa shape index (κ1) is 20.3. The number of urea groups is 1. The van der Waals surface area contributed by atoms with Crippen LogP contribution in [0, 0.1) is 6.92 Å². The van der Waals surface area contributed by atoms with Gasteiger partial charge < -0.3 is 0 Å². The molecule has 1 heterocycles. The normalized spacial score (nSPS) is 10.4. The number of rotatable bonds is 3. The topological polar surface area (TPSA) is 71.1 Å². The van der Waals surface area contributed by atoms with E-state index in [2.05, 4.69) is 31.5 Å². The highest BCUT2D eigenvalue weighted by Crippen LogP contribution is 2.26. The van der Waals surface area contributed by atoms with Gasteiger partial charge in [0.2, 0.25) is 0 Å². The second-order valence-electron chi connectivity index (χ2n) is 5.90. The molecular weight excluding hydrogens is 465 g/mol. The van der Waals surface area contributed by atoms with Gasteiger partial charge >= 0.3 is 6.03 Å². The maximum absolute atomic E-state index is 12.3. The highest BCUT2D eigenvalue weighted by atomic mass is 79.9. The summed E-state index contributed by atoms with van der Waals surface area (Å²) in [6, 6.07) is 13.5. The van der Waals surface area contributed by atoms with E-state index < -0.39 is 11.9 Å². The van der Waals surface area contributed by atoms with Crippen LogP contribution in [0.2, 0.25) is 10.0 Å². The molecule has 28 heavy (non-hydrogen) atoms. The third-order valence-electron chi connectivity index (χ3n) is 3.92. The summed E-state index contributed by atoms with van der Waals surface area (Å²) in [4.78, 5) is 28.6. The second kappa shape index (κ2) is 8.73. The maximum Gasteiger partial charge on any atom is 0.327 e. The molecule has 8 heteroatoms. The third-order valence-corrected chi connectivity index (χ3v) is 5.08. The lowest BCUT2D eigenvalue weighted by Gasteiger charge is -2.11. The molecule has 5 nitrogen and oxygen atoms in total. The van der Waals surface area contributed by atoms with Gasteiger partial charge in [0.05, 0.1) is 15.6 Å². The average molecular weight is 479 g/mol. The minimum atomic E-state index is -0.732. The number of anilines is 1. The number of nitrogens with one attached hydrogen (secondary N) is 2. The highest BCUT2D eigenvalue weighted by molar-refractivity contribution is 9.10. The Morgan fingerprint density at radius 3 is 2.29 bits per heavy atom. The molecule has 0 bridgehead atoms. The van der Waals surface area contributed by atoms with Crippen LogP contribution in [-0.4, -0.2) is 16.9 Å². The maximum atomic E-state index is 12.3. The van der Waals surface area contributed by atoms with Crippen molar-refractivity contribution in [3.05, 3.63) is 80.4 Å². The van der Waals surface area contributed by atoms with Crippen LogP contribution in [-0.2, 0) is 0 Å². The fourth-order valence-corrected chi connectivity index (χ4v) is 3.42. The van der Waals surface area contributed by atoms with Crippen LogP contribution in [0.5, 0.6) is 0 Å². The van der Waals surface area contributed by atoms with Gasteiger partial charge in [0.1, 0.15) is 5.82 Å².